The SMILES string of the molecule is CS(=O)(=O)N[C@@H]1CCCN(C[C@H]2CCC=CO2)C1. The zero-order valence-corrected chi connectivity index (χ0v) is 11.7. The van der Waals surface area contributed by atoms with E-state index in [2.05, 4.69) is 9.62 Å². The number of likely N-dealkylation sites (tertiary alicyclic amines) is 1. The molecule has 2 aliphatic heterocycles. The molecule has 1 saturated heterocycles. The Morgan fingerprint density at radius 1 is 1.44 bits per heavy atom. The van der Waals surface area contributed by atoms with Crippen LogP contribution in [-0.2, 0) is 14.8 Å². The molecule has 0 saturated carbocycles. The van der Waals surface area contributed by atoms with E-state index < -0.39 is 10.0 Å². The number of sulfonamides is 1. The van der Waals surface area contributed by atoms with E-state index in [9.17, 15) is 8.42 Å². The van der Waals surface area contributed by atoms with E-state index in [-0.39, 0.29) is 12.1 Å². The second-order valence-corrected chi connectivity index (χ2v) is 6.98. The normalized spacial score (nSPS) is 30.1. The molecule has 2 heterocycles. The van der Waals surface area contributed by atoms with E-state index in [1.807, 2.05) is 6.08 Å². The summed E-state index contributed by atoms with van der Waals surface area (Å²) in [7, 11) is -3.10. The van der Waals surface area contributed by atoms with Crippen molar-refractivity contribution in [2.24, 2.45) is 0 Å². The minimum absolute atomic E-state index is 0.0490. The minimum atomic E-state index is -3.10. The molecule has 2 aliphatic rings. The van der Waals surface area contributed by atoms with Crippen LogP contribution in [0.3, 0.4) is 0 Å². The number of hydrogen-bond donors (Lipinski definition) is 1. The molecule has 0 aliphatic carbocycles. The molecule has 5 nitrogen and oxygen atoms in total. The third-order valence-electron chi connectivity index (χ3n) is 3.37. The largest absolute Gasteiger partial charge is 0.497 e. The maximum Gasteiger partial charge on any atom is 0.208 e. The molecule has 0 amide bonds. The maximum atomic E-state index is 11.2. The van der Waals surface area contributed by atoms with Gasteiger partial charge in [0, 0.05) is 19.1 Å². The molecule has 0 aromatic rings. The van der Waals surface area contributed by atoms with Crippen LogP contribution in [0.15, 0.2) is 12.3 Å². The van der Waals surface area contributed by atoms with Crippen LogP contribution in [0.2, 0.25) is 0 Å². The topological polar surface area (TPSA) is 58.6 Å². The summed E-state index contributed by atoms with van der Waals surface area (Å²) >= 11 is 0. The van der Waals surface area contributed by atoms with Crippen LogP contribution in [0.25, 0.3) is 0 Å². The number of piperidine rings is 1. The van der Waals surface area contributed by atoms with Gasteiger partial charge in [-0.3, -0.25) is 4.90 Å². The monoisotopic (exact) mass is 274 g/mol. The molecule has 0 aromatic carbocycles. The fourth-order valence-electron chi connectivity index (χ4n) is 2.63. The van der Waals surface area contributed by atoms with Crippen LogP contribution in [-0.4, -0.2) is 51.4 Å². The zero-order chi connectivity index (χ0) is 13.0. The zero-order valence-electron chi connectivity index (χ0n) is 10.8. The van der Waals surface area contributed by atoms with E-state index in [4.69, 9.17) is 4.74 Å². The van der Waals surface area contributed by atoms with Crippen LogP contribution in [0, 0.1) is 0 Å². The highest BCUT2D eigenvalue weighted by Gasteiger charge is 2.24. The molecule has 6 heteroatoms. The molecule has 104 valence electrons. The Hall–Kier alpha value is -0.590. The predicted molar refractivity (Wildman–Crippen MR) is 70.7 cm³/mol. The summed E-state index contributed by atoms with van der Waals surface area (Å²) in [4.78, 5) is 2.30. The van der Waals surface area contributed by atoms with Crippen molar-refractivity contribution in [2.45, 2.75) is 37.8 Å². The molecule has 2 atom stereocenters. The van der Waals surface area contributed by atoms with Crippen molar-refractivity contribution in [3.8, 4) is 0 Å². The van der Waals surface area contributed by atoms with Crippen molar-refractivity contribution in [3.05, 3.63) is 12.3 Å². The minimum Gasteiger partial charge on any atom is -0.497 e. The third-order valence-corrected chi connectivity index (χ3v) is 4.13. The van der Waals surface area contributed by atoms with Gasteiger partial charge in [-0.2, -0.15) is 0 Å². The highest BCUT2D eigenvalue weighted by atomic mass is 32.2. The quantitative estimate of drug-likeness (QED) is 0.819. The van der Waals surface area contributed by atoms with Gasteiger partial charge >= 0.3 is 0 Å². The molecule has 2 rings (SSSR count). The molecule has 0 aromatic heterocycles. The number of rotatable bonds is 4. The van der Waals surface area contributed by atoms with Crippen molar-refractivity contribution in [2.75, 3.05) is 25.9 Å². The van der Waals surface area contributed by atoms with Crippen LogP contribution in [0.4, 0.5) is 0 Å². The van der Waals surface area contributed by atoms with Gasteiger partial charge in [0.2, 0.25) is 10.0 Å². The van der Waals surface area contributed by atoms with E-state index in [1.54, 1.807) is 6.26 Å². The Kier molecular flexibility index (Phi) is 4.64. The summed E-state index contributed by atoms with van der Waals surface area (Å²) in [6.07, 6.45) is 9.39. The number of nitrogens with zero attached hydrogens (tertiary/aromatic N) is 1. The Morgan fingerprint density at radius 3 is 2.94 bits per heavy atom. The third kappa shape index (κ3) is 4.59. The first-order valence-electron chi connectivity index (χ1n) is 6.53. The van der Waals surface area contributed by atoms with Gasteiger partial charge in [-0.1, -0.05) is 0 Å². The number of ether oxygens (including phenoxy) is 1. The summed E-state index contributed by atoms with van der Waals surface area (Å²) in [5.74, 6) is 0. The molecule has 0 unspecified atom stereocenters. The van der Waals surface area contributed by atoms with Crippen molar-refractivity contribution in [3.63, 3.8) is 0 Å². The van der Waals surface area contributed by atoms with E-state index in [0.717, 1.165) is 45.3 Å². The fourth-order valence-corrected chi connectivity index (χ4v) is 3.43. The Bertz CT molecular complexity index is 394. The summed E-state index contributed by atoms with van der Waals surface area (Å²) < 4.78 is 30.7. The molecule has 1 N–H and O–H groups in total. The summed E-state index contributed by atoms with van der Waals surface area (Å²) in [6.45, 7) is 2.72. The van der Waals surface area contributed by atoms with Crippen LogP contribution >= 0.6 is 0 Å². The molecule has 18 heavy (non-hydrogen) atoms. The van der Waals surface area contributed by atoms with Crippen molar-refractivity contribution >= 4 is 10.0 Å². The Morgan fingerprint density at radius 2 is 2.28 bits per heavy atom. The average Bonchev–Trinajstić information content (AvgIpc) is 2.28. The van der Waals surface area contributed by atoms with Gasteiger partial charge in [0.1, 0.15) is 6.10 Å². The number of allylic oxidation sites excluding steroid dienone is 1. The van der Waals surface area contributed by atoms with Gasteiger partial charge in [0.25, 0.3) is 0 Å². The Labute approximate surface area is 109 Å². The van der Waals surface area contributed by atoms with Crippen molar-refractivity contribution in [1.82, 2.24) is 9.62 Å². The second kappa shape index (κ2) is 6.04. The molecule has 0 spiro atoms. The predicted octanol–water partition coefficient (Wildman–Crippen LogP) is 0.693. The lowest BCUT2D eigenvalue weighted by molar-refractivity contribution is 0.0667. The smallest absolute Gasteiger partial charge is 0.208 e. The van der Waals surface area contributed by atoms with E-state index in [0.29, 0.717) is 0 Å². The molecule has 0 bridgehead atoms. The van der Waals surface area contributed by atoms with Gasteiger partial charge in [-0.25, -0.2) is 13.1 Å². The summed E-state index contributed by atoms with van der Waals surface area (Å²) in [6, 6.07) is 0.0490. The van der Waals surface area contributed by atoms with Gasteiger partial charge in [0.15, 0.2) is 0 Å². The molecule has 0 radical (unpaired) electrons. The van der Waals surface area contributed by atoms with Crippen LogP contribution in [0.1, 0.15) is 25.7 Å². The molecular formula is C12H22N2O3S. The Balaban J connectivity index is 1.81. The lowest BCUT2D eigenvalue weighted by atomic mass is 10.1. The first-order valence-corrected chi connectivity index (χ1v) is 8.42. The maximum absolute atomic E-state index is 11.2. The van der Waals surface area contributed by atoms with Gasteiger partial charge in [-0.05, 0) is 38.3 Å². The molecule has 1 fully saturated rings. The summed E-state index contributed by atoms with van der Waals surface area (Å²) in [5, 5.41) is 0. The van der Waals surface area contributed by atoms with Gasteiger partial charge < -0.3 is 4.74 Å². The fraction of sp³-hybridized carbons (Fsp3) is 0.833. The second-order valence-electron chi connectivity index (χ2n) is 5.20. The van der Waals surface area contributed by atoms with Crippen molar-refractivity contribution < 1.29 is 13.2 Å². The number of nitrogens with one attached hydrogen (secondary N) is 1. The highest BCUT2D eigenvalue weighted by molar-refractivity contribution is 7.88. The first kappa shape index (κ1) is 13.8. The summed E-state index contributed by atoms with van der Waals surface area (Å²) in [5.41, 5.74) is 0. The first-order chi connectivity index (χ1) is 8.53. The van der Waals surface area contributed by atoms with Gasteiger partial charge in [-0.15, -0.1) is 0 Å². The highest BCUT2D eigenvalue weighted by Crippen LogP contribution is 2.16. The van der Waals surface area contributed by atoms with Gasteiger partial charge in [0.05, 0.1) is 12.5 Å². The van der Waals surface area contributed by atoms with Crippen molar-refractivity contribution in [1.29, 1.82) is 0 Å². The van der Waals surface area contributed by atoms with Crippen LogP contribution in [0.5, 0.6) is 0 Å². The number of hydrogen-bond acceptors (Lipinski definition) is 4. The average molecular weight is 274 g/mol. The van der Waals surface area contributed by atoms with E-state index >= 15 is 0 Å². The van der Waals surface area contributed by atoms with Crippen LogP contribution < -0.4 is 4.72 Å². The lowest BCUT2D eigenvalue weighted by Gasteiger charge is -2.35. The van der Waals surface area contributed by atoms with E-state index in [1.165, 1.54) is 6.26 Å². The molecular weight excluding hydrogens is 252 g/mol. The standard InChI is InChI=1S/C12H22N2O3S/c1-18(15,16)13-11-5-4-7-14(9-11)10-12-6-2-3-8-17-12/h3,8,11-13H,2,4-7,9-10H2,1H3/t11-,12-/m1/s1. The lowest BCUT2D eigenvalue weighted by Crippen LogP contribution is -2.49.